The Labute approximate surface area is 151 Å². The van der Waals surface area contributed by atoms with Crippen LogP contribution in [0.3, 0.4) is 0 Å². The Hall–Kier alpha value is -1.97. The number of hydrogen-bond donors (Lipinski definition) is 0. The van der Waals surface area contributed by atoms with Crippen LogP contribution in [0.5, 0.6) is 0 Å². The number of thiophene rings is 1. The molecule has 0 spiro atoms. The van der Waals surface area contributed by atoms with Crippen molar-refractivity contribution in [3.8, 4) is 0 Å². The molecule has 2 aromatic rings. The van der Waals surface area contributed by atoms with Crippen molar-refractivity contribution in [3.63, 3.8) is 0 Å². The van der Waals surface area contributed by atoms with Crippen LogP contribution in [0.4, 0.5) is 0 Å². The zero-order valence-corrected chi connectivity index (χ0v) is 14.8. The Kier molecular flexibility index (Phi) is 5.78. The normalized spacial score (nSPS) is 17.7. The molecule has 1 aliphatic heterocycles. The second-order valence-electron chi connectivity index (χ2n) is 5.70. The van der Waals surface area contributed by atoms with Gasteiger partial charge in [0.25, 0.3) is 0 Å². The lowest BCUT2D eigenvalue weighted by Gasteiger charge is -2.09. The average molecular weight is 356 g/mol. The molecule has 2 heterocycles. The number of carbonyl (C=O) groups is 1. The zero-order chi connectivity index (χ0) is 16.8. The number of rotatable bonds is 5. The van der Waals surface area contributed by atoms with Crippen molar-refractivity contribution in [3.05, 3.63) is 75.5 Å². The molecule has 0 radical (unpaired) electrons. The predicted octanol–water partition coefficient (Wildman–Crippen LogP) is 5.70. The van der Waals surface area contributed by atoms with Crippen molar-refractivity contribution >= 4 is 40.5 Å². The smallest absolute Gasteiger partial charge is 0.163 e. The first-order valence-electron chi connectivity index (χ1n) is 7.94. The molecule has 3 rings (SSSR count). The maximum Gasteiger partial charge on any atom is 0.163 e. The molecule has 0 N–H and O–H groups in total. The number of halogens is 1. The summed E-state index contributed by atoms with van der Waals surface area (Å²) in [4.78, 5) is 18.2. The highest BCUT2D eigenvalue weighted by Gasteiger charge is 2.14. The largest absolute Gasteiger partial charge is 0.294 e. The monoisotopic (exact) mass is 355 g/mol. The van der Waals surface area contributed by atoms with Crippen LogP contribution in [0.2, 0.25) is 5.02 Å². The molecule has 1 aliphatic rings. The number of aliphatic imine (C=N–C) groups is 1. The molecule has 1 aromatic carbocycles. The quantitative estimate of drug-likeness (QED) is 0.632. The molecule has 0 saturated carbocycles. The molecule has 1 unspecified atom stereocenters. The van der Waals surface area contributed by atoms with Gasteiger partial charge in [-0.15, -0.1) is 11.3 Å². The fourth-order valence-corrected chi connectivity index (χ4v) is 3.31. The third-order valence-corrected chi connectivity index (χ3v) is 5.00. The van der Waals surface area contributed by atoms with Gasteiger partial charge in [0, 0.05) is 28.4 Å². The van der Waals surface area contributed by atoms with E-state index in [1.165, 1.54) is 4.88 Å². The molecule has 0 bridgehead atoms. The van der Waals surface area contributed by atoms with Crippen molar-refractivity contribution in [2.24, 2.45) is 10.9 Å². The van der Waals surface area contributed by atoms with Gasteiger partial charge in [0.15, 0.2) is 5.78 Å². The molecule has 0 aliphatic carbocycles. The van der Waals surface area contributed by atoms with E-state index in [0.717, 1.165) is 24.2 Å². The standard InChI is InChI=1S/C20H18ClNOS/c21-17-6-4-16(5-7-17)20(23)14-15-3-8-18(22-12-11-15)9-10-19-2-1-13-24-19/h1-10,13,15H,11-12,14H2/b10-9+. The fourth-order valence-electron chi connectivity index (χ4n) is 2.57. The highest BCUT2D eigenvalue weighted by atomic mass is 35.5. The SMILES string of the molecule is O=C(CC1C=CC(/C=C/c2cccs2)=NCC1)c1ccc(Cl)cc1. The number of carbonyl (C=O) groups excluding carboxylic acids is 1. The maximum atomic E-state index is 12.4. The van der Waals surface area contributed by atoms with E-state index in [0.29, 0.717) is 11.4 Å². The van der Waals surface area contributed by atoms with Gasteiger partial charge in [-0.2, -0.15) is 0 Å². The minimum atomic E-state index is 0.152. The fraction of sp³-hybridized carbons (Fsp3) is 0.200. The molecule has 1 atom stereocenters. The predicted molar refractivity (Wildman–Crippen MR) is 103 cm³/mol. The first-order valence-corrected chi connectivity index (χ1v) is 9.19. The topological polar surface area (TPSA) is 29.4 Å². The lowest BCUT2D eigenvalue weighted by molar-refractivity contribution is 0.0968. The lowest BCUT2D eigenvalue weighted by Crippen LogP contribution is -2.07. The summed E-state index contributed by atoms with van der Waals surface area (Å²) in [6.45, 7) is 0.746. The first-order chi connectivity index (χ1) is 11.7. The van der Waals surface area contributed by atoms with E-state index in [2.05, 4.69) is 28.6 Å². The van der Waals surface area contributed by atoms with Crippen LogP contribution in [0.1, 0.15) is 28.1 Å². The number of Topliss-reactive ketones (excluding diaryl/α,β-unsaturated/α-hetero) is 1. The third-order valence-electron chi connectivity index (χ3n) is 3.91. The minimum Gasteiger partial charge on any atom is -0.294 e. The van der Waals surface area contributed by atoms with E-state index >= 15 is 0 Å². The molecule has 0 amide bonds. The number of allylic oxidation sites excluding steroid dienone is 3. The van der Waals surface area contributed by atoms with Gasteiger partial charge in [-0.05, 0) is 66.3 Å². The van der Waals surface area contributed by atoms with Gasteiger partial charge in [-0.1, -0.05) is 23.7 Å². The van der Waals surface area contributed by atoms with E-state index < -0.39 is 0 Å². The Morgan fingerprint density at radius 3 is 2.83 bits per heavy atom. The van der Waals surface area contributed by atoms with Gasteiger partial charge >= 0.3 is 0 Å². The average Bonchev–Trinajstić information content (AvgIpc) is 3.01. The summed E-state index contributed by atoms with van der Waals surface area (Å²) < 4.78 is 0. The number of hydrogen-bond acceptors (Lipinski definition) is 3. The van der Waals surface area contributed by atoms with E-state index in [1.807, 2.05) is 18.2 Å². The molecule has 2 nitrogen and oxygen atoms in total. The molecule has 4 heteroatoms. The Bertz CT molecular complexity index is 772. The minimum absolute atomic E-state index is 0.152. The number of benzene rings is 1. The molecular formula is C20H18ClNOS. The summed E-state index contributed by atoms with van der Waals surface area (Å²) >= 11 is 7.57. The van der Waals surface area contributed by atoms with Gasteiger partial charge in [0.05, 0.1) is 5.71 Å². The molecule has 24 heavy (non-hydrogen) atoms. The van der Waals surface area contributed by atoms with Crippen LogP contribution >= 0.6 is 22.9 Å². The van der Waals surface area contributed by atoms with Crippen LogP contribution in [0, 0.1) is 5.92 Å². The van der Waals surface area contributed by atoms with E-state index in [9.17, 15) is 4.79 Å². The van der Waals surface area contributed by atoms with Gasteiger partial charge in [-0.3, -0.25) is 9.79 Å². The van der Waals surface area contributed by atoms with Gasteiger partial charge in [0.2, 0.25) is 0 Å². The van der Waals surface area contributed by atoms with Crippen molar-refractivity contribution in [2.45, 2.75) is 12.8 Å². The molecular weight excluding hydrogens is 338 g/mol. The number of nitrogens with zero attached hydrogens (tertiary/aromatic N) is 1. The summed E-state index contributed by atoms with van der Waals surface area (Å²) in [5, 5.41) is 2.71. The highest BCUT2D eigenvalue weighted by molar-refractivity contribution is 7.10. The van der Waals surface area contributed by atoms with Crippen molar-refractivity contribution in [1.29, 1.82) is 0 Å². The number of ketones is 1. The summed E-state index contributed by atoms with van der Waals surface area (Å²) in [5.41, 5.74) is 1.68. The van der Waals surface area contributed by atoms with Crippen molar-refractivity contribution in [2.75, 3.05) is 6.54 Å². The zero-order valence-electron chi connectivity index (χ0n) is 13.2. The maximum absolute atomic E-state index is 12.4. The second-order valence-corrected chi connectivity index (χ2v) is 7.11. The van der Waals surface area contributed by atoms with Crippen molar-refractivity contribution in [1.82, 2.24) is 0 Å². The summed E-state index contributed by atoms with van der Waals surface area (Å²) in [5.74, 6) is 0.378. The van der Waals surface area contributed by atoms with Crippen LogP contribution in [0.25, 0.3) is 6.08 Å². The van der Waals surface area contributed by atoms with Crippen LogP contribution in [0.15, 0.2) is 65.0 Å². The Balaban J connectivity index is 1.60. The van der Waals surface area contributed by atoms with Crippen LogP contribution < -0.4 is 0 Å². The summed E-state index contributed by atoms with van der Waals surface area (Å²) in [6.07, 6.45) is 9.65. The highest BCUT2D eigenvalue weighted by Crippen LogP contribution is 2.19. The van der Waals surface area contributed by atoms with Crippen LogP contribution in [-0.4, -0.2) is 18.0 Å². The third kappa shape index (κ3) is 4.76. The second kappa shape index (κ2) is 8.22. The van der Waals surface area contributed by atoms with Crippen LogP contribution in [-0.2, 0) is 0 Å². The lowest BCUT2D eigenvalue weighted by atomic mass is 9.95. The van der Waals surface area contributed by atoms with Crippen molar-refractivity contribution < 1.29 is 4.79 Å². The van der Waals surface area contributed by atoms with Gasteiger partial charge < -0.3 is 0 Å². The molecule has 0 saturated heterocycles. The van der Waals surface area contributed by atoms with Gasteiger partial charge in [0.1, 0.15) is 0 Å². The first kappa shape index (κ1) is 16.9. The molecule has 1 aromatic heterocycles. The molecule has 122 valence electrons. The van der Waals surface area contributed by atoms with E-state index in [-0.39, 0.29) is 11.7 Å². The Morgan fingerprint density at radius 2 is 2.08 bits per heavy atom. The Morgan fingerprint density at radius 1 is 1.25 bits per heavy atom. The van der Waals surface area contributed by atoms with E-state index in [4.69, 9.17) is 11.6 Å². The molecule has 0 fully saturated rings. The van der Waals surface area contributed by atoms with E-state index in [1.54, 1.807) is 35.6 Å². The van der Waals surface area contributed by atoms with Gasteiger partial charge in [-0.25, -0.2) is 0 Å². The summed E-state index contributed by atoms with van der Waals surface area (Å²) in [7, 11) is 0. The summed E-state index contributed by atoms with van der Waals surface area (Å²) in [6, 6.07) is 11.2.